The molecule has 1 aromatic carbocycles. The molecule has 0 atom stereocenters. The number of hydrogen-bond acceptors (Lipinski definition) is 3. The topological polar surface area (TPSA) is 58.3 Å². The average Bonchev–Trinajstić information content (AvgIpc) is 2.73. The van der Waals surface area contributed by atoms with E-state index in [1.807, 2.05) is 0 Å². The Bertz CT molecular complexity index is 749. The maximum atomic E-state index is 13.4. The van der Waals surface area contributed by atoms with Gasteiger partial charge in [0, 0.05) is 6.04 Å². The average molecular weight is 328 g/mol. The van der Waals surface area contributed by atoms with Crippen molar-refractivity contribution in [3.63, 3.8) is 0 Å². The largest absolute Gasteiger partial charge is 0.418 e. The van der Waals surface area contributed by atoms with E-state index in [-0.39, 0.29) is 22.9 Å². The van der Waals surface area contributed by atoms with Crippen LogP contribution in [0, 0.1) is 0 Å². The normalized spacial score (nSPS) is 25.7. The van der Waals surface area contributed by atoms with Gasteiger partial charge in [-0.3, -0.25) is 0 Å². The highest BCUT2D eigenvalue weighted by molar-refractivity contribution is 5.81. The number of fused-ring (bicyclic) bond motifs is 1. The number of para-hydroxylation sites is 1. The number of nitrogens with zero attached hydrogens (tertiary/aromatic N) is 2. The highest BCUT2D eigenvalue weighted by Crippen LogP contribution is 2.46. The van der Waals surface area contributed by atoms with Crippen LogP contribution in [0.25, 0.3) is 11.0 Å². The standard InChI is InChI=1S/C16H19F3N2O2/c1-14(2,22)13-20-11-6-4-5-10(16(17,18)19)12(11)21(13)9-7-15(3,23)8-9/h4-6,9,22-23H,7-8H2,1-3H3. The van der Waals surface area contributed by atoms with Crippen LogP contribution in [0.15, 0.2) is 18.2 Å². The Labute approximate surface area is 131 Å². The van der Waals surface area contributed by atoms with Gasteiger partial charge in [-0.2, -0.15) is 13.2 Å². The van der Waals surface area contributed by atoms with Crippen molar-refractivity contribution in [2.24, 2.45) is 0 Å². The fourth-order valence-corrected chi connectivity index (χ4v) is 3.30. The van der Waals surface area contributed by atoms with Gasteiger partial charge in [0.15, 0.2) is 0 Å². The number of benzene rings is 1. The molecule has 1 fully saturated rings. The van der Waals surface area contributed by atoms with Crippen LogP contribution in [0.1, 0.15) is 51.0 Å². The van der Waals surface area contributed by atoms with Crippen LogP contribution >= 0.6 is 0 Å². The van der Waals surface area contributed by atoms with Crippen molar-refractivity contribution in [1.82, 2.24) is 9.55 Å². The number of hydrogen-bond donors (Lipinski definition) is 2. The van der Waals surface area contributed by atoms with Gasteiger partial charge in [0.1, 0.15) is 11.4 Å². The van der Waals surface area contributed by atoms with Gasteiger partial charge in [-0.25, -0.2) is 4.98 Å². The molecule has 0 aliphatic heterocycles. The monoisotopic (exact) mass is 328 g/mol. The van der Waals surface area contributed by atoms with Crippen molar-refractivity contribution in [3.05, 3.63) is 29.6 Å². The summed E-state index contributed by atoms with van der Waals surface area (Å²) < 4.78 is 41.6. The second-order valence-corrected chi connectivity index (χ2v) is 7.09. The lowest BCUT2D eigenvalue weighted by molar-refractivity contribution is -0.136. The van der Waals surface area contributed by atoms with Crippen LogP contribution in [0.5, 0.6) is 0 Å². The zero-order valence-electron chi connectivity index (χ0n) is 13.1. The maximum absolute atomic E-state index is 13.4. The molecule has 0 unspecified atom stereocenters. The first-order valence-corrected chi connectivity index (χ1v) is 7.43. The molecule has 7 heteroatoms. The predicted octanol–water partition coefficient (Wildman–Crippen LogP) is 3.37. The van der Waals surface area contributed by atoms with Crippen molar-refractivity contribution in [3.8, 4) is 0 Å². The van der Waals surface area contributed by atoms with E-state index >= 15 is 0 Å². The van der Waals surface area contributed by atoms with Crippen molar-refractivity contribution in [2.75, 3.05) is 0 Å². The molecule has 3 rings (SSSR count). The van der Waals surface area contributed by atoms with E-state index in [0.717, 1.165) is 6.07 Å². The smallest absolute Gasteiger partial charge is 0.390 e. The maximum Gasteiger partial charge on any atom is 0.418 e. The van der Waals surface area contributed by atoms with E-state index in [4.69, 9.17) is 0 Å². The zero-order chi connectivity index (χ0) is 17.2. The van der Waals surface area contributed by atoms with Crippen LogP contribution < -0.4 is 0 Å². The minimum absolute atomic E-state index is 0.0300. The lowest BCUT2D eigenvalue weighted by Gasteiger charge is -2.43. The van der Waals surface area contributed by atoms with Gasteiger partial charge in [0.25, 0.3) is 0 Å². The Morgan fingerprint density at radius 1 is 1.26 bits per heavy atom. The third kappa shape index (κ3) is 2.72. The lowest BCUT2D eigenvalue weighted by Crippen LogP contribution is -2.43. The Balaban J connectivity index is 2.29. The Morgan fingerprint density at radius 3 is 2.35 bits per heavy atom. The van der Waals surface area contributed by atoms with Crippen LogP contribution in [-0.2, 0) is 11.8 Å². The van der Waals surface area contributed by atoms with Gasteiger partial charge >= 0.3 is 6.18 Å². The van der Waals surface area contributed by atoms with Crippen LogP contribution in [0.3, 0.4) is 0 Å². The zero-order valence-corrected chi connectivity index (χ0v) is 13.1. The van der Waals surface area contributed by atoms with E-state index in [1.54, 1.807) is 6.92 Å². The quantitative estimate of drug-likeness (QED) is 0.889. The molecule has 2 aromatic rings. The predicted molar refractivity (Wildman–Crippen MR) is 78.9 cm³/mol. The molecule has 0 radical (unpaired) electrons. The molecule has 1 aliphatic carbocycles. The molecule has 1 aliphatic rings. The molecular weight excluding hydrogens is 309 g/mol. The van der Waals surface area contributed by atoms with Crippen molar-refractivity contribution in [2.45, 2.75) is 57.0 Å². The number of halogens is 3. The van der Waals surface area contributed by atoms with Gasteiger partial charge in [-0.1, -0.05) is 6.07 Å². The number of alkyl halides is 3. The summed E-state index contributed by atoms with van der Waals surface area (Å²) in [4.78, 5) is 4.24. The summed E-state index contributed by atoms with van der Waals surface area (Å²) in [5, 5.41) is 20.3. The van der Waals surface area contributed by atoms with Crippen molar-refractivity contribution in [1.29, 1.82) is 0 Å². The molecule has 126 valence electrons. The lowest BCUT2D eigenvalue weighted by atomic mass is 9.76. The first-order valence-electron chi connectivity index (χ1n) is 7.43. The summed E-state index contributed by atoms with van der Waals surface area (Å²) in [6, 6.07) is 3.52. The molecule has 1 heterocycles. The summed E-state index contributed by atoms with van der Waals surface area (Å²) in [5.74, 6) is 0.185. The van der Waals surface area contributed by atoms with E-state index in [9.17, 15) is 23.4 Å². The third-order valence-corrected chi connectivity index (χ3v) is 4.28. The van der Waals surface area contributed by atoms with Crippen LogP contribution in [0.4, 0.5) is 13.2 Å². The second-order valence-electron chi connectivity index (χ2n) is 7.09. The summed E-state index contributed by atoms with van der Waals surface area (Å²) >= 11 is 0. The first-order chi connectivity index (χ1) is 10.4. The van der Waals surface area contributed by atoms with Crippen LogP contribution in [-0.4, -0.2) is 25.4 Å². The highest BCUT2D eigenvalue weighted by Gasteiger charge is 2.44. The minimum Gasteiger partial charge on any atom is -0.390 e. The third-order valence-electron chi connectivity index (χ3n) is 4.28. The van der Waals surface area contributed by atoms with Crippen molar-refractivity contribution >= 4 is 11.0 Å². The number of aromatic nitrogens is 2. The van der Waals surface area contributed by atoms with Crippen LogP contribution in [0.2, 0.25) is 0 Å². The number of rotatable bonds is 2. The molecule has 0 bridgehead atoms. The van der Waals surface area contributed by atoms with E-state index < -0.39 is 22.9 Å². The van der Waals surface area contributed by atoms with Gasteiger partial charge in [0.2, 0.25) is 0 Å². The molecule has 4 nitrogen and oxygen atoms in total. The molecule has 0 spiro atoms. The highest BCUT2D eigenvalue weighted by atomic mass is 19.4. The molecule has 1 aromatic heterocycles. The number of aliphatic hydroxyl groups is 2. The Kier molecular flexibility index (Phi) is 3.33. The molecule has 1 saturated carbocycles. The summed E-state index contributed by atoms with van der Waals surface area (Å²) in [6.45, 7) is 4.64. The summed E-state index contributed by atoms with van der Waals surface area (Å²) in [7, 11) is 0. The minimum atomic E-state index is -4.51. The first kappa shape index (κ1) is 16.3. The Morgan fingerprint density at radius 2 is 1.87 bits per heavy atom. The summed E-state index contributed by atoms with van der Waals surface area (Å²) in [5.41, 5.74) is -2.89. The van der Waals surface area contributed by atoms with Gasteiger partial charge in [0.05, 0.1) is 22.2 Å². The number of imidazole rings is 1. The second kappa shape index (κ2) is 4.70. The Hall–Kier alpha value is -1.60. The SMILES string of the molecule is CC1(O)CC(n2c(C(C)(C)O)nc3cccc(C(F)(F)F)c32)C1. The molecule has 2 N–H and O–H groups in total. The fraction of sp³-hybridized carbons (Fsp3) is 0.562. The van der Waals surface area contributed by atoms with Gasteiger partial charge < -0.3 is 14.8 Å². The van der Waals surface area contributed by atoms with Gasteiger partial charge in [-0.05, 0) is 45.7 Å². The fourth-order valence-electron chi connectivity index (χ4n) is 3.30. The molecule has 0 saturated heterocycles. The van der Waals surface area contributed by atoms with E-state index in [2.05, 4.69) is 4.98 Å². The van der Waals surface area contributed by atoms with Gasteiger partial charge in [-0.15, -0.1) is 0 Å². The van der Waals surface area contributed by atoms with Crippen molar-refractivity contribution < 1.29 is 23.4 Å². The molecule has 23 heavy (non-hydrogen) atoms. The molecular formula is C16H19F3N2O2. The van der Waals surface area contributed by atoms with E-state index in [0.29, 0.717) is 12.8 Å². The molecule has 0 amide bonds. The van der Waals surface area contributed by atoms with E-state index in [1.165, 1.54) is 30.5 Å². The summed E-state index contributed by atoms with van der Waals surface area (Å²) in [6.07, 6.45) is -3.86.